The topological polar surface area (TPSA) is 72.5 Å². The third-order valence-corrected chi connectivity index (χ3v) is 2.53. The molecule has 0 bridgehead atoms. The van der Waals surface area contributed by atoms with Gasteiger partial charge in [0, 0.05) is 13.1 Å². The third kappa shape index (κ3) is 1.25. The van der Waals surface area contributed by atoms with Crippen LogP contribution in [0.1, 0.15) is 0 Å². The summed E-state index contributed by atoms with van der Waals surface area (Å²) in [6.45, 7) is 0. The molecule has 0 saturated carbocycles. The molecule has 5 nitrogen and oxygen atoms in total. The van der Waals surface area contributed by atoms with Gasteiger partial charge in [-0.3, -0.25) is 4.68 Å². The molecular formula is C11H11N5. The molecule has 16 heavy (non-hydrogen) atoms. The number of hydrogen-bond donors (Lipinski definition) is 2. The van der Waals surface area contributed by atoms with Crippen LogP contribution in [-0.2, 0) is 7.05 Å². The molecule has 5 heteroatoms. The van der Waals surface area contributed by atoms with Crippen molar-refractivity contribution >= 4 is 16.9 Å². The average Bonchev–Trinajstić information content (AvgIpc) is 2.81. The highest BCUT2D eigenvalue weighted by Gasteiger charge is 2.09. The first-order valence-corrected chi connectivity index (χ1v) is 4.99. The summed E-state index contributed by atoms with van der Waals surface area (Å²) in [5.74, 6) is 1.28. The second kappa shape index (κ2) is 3.10. The van der Waals surface area contributed by atoms with E-state index in [-0.39, 0.29) is 0 Å². The minimum Gasteiger partial charge on any atom is -0.382 e. The van der Waals surface area contributed by atoms with Gasteiger partial charge >= 0.3 is 0 Å². The minimum absolute atomic E-state index is 0.498. The fourth-order valence-corrected chi connectivity index (χ4v) is 1.79. The number of nitrogen functional groups attached to an aromatic ring is 1. The fourth-order valence-electron chi connectivity index (χ4n) is 1.79. The zero-order valence-corrected chi connectivity index (χ0v) is 8.81. The quantitative estimate of drug-likeness (QED) is 0.644. The molecule has 3 rings (SSSR count). The van der Waals surface area contributed by atoms with E-state index in [4.69, 9.17) is 5.73 Å². The van der Waals surface area contributed by atoms with E-state index < -0.39 is 0 Å². The standard InChI is InChI=1S/C11H11N5/c1-16-9(6-10(12)15-16)11-13-7-4-2-3-5-8(7)14-11/h2-6H,1H3,(H2,12,15)(H,13,14). The molecule has 2 aromatic heterocycles. The Labute approximate surface area is 91.9 Å². The molecule has 0 radical (unpaired) electrons. The van der Waals surface area contributed by atoms with Gasteiger partial charge in [0.1, 0.15) is 11.5 Å². The van der Waals surface area contributed by atoms with Gasteiger partial charge in [0.25, 0.3) is 0 Å². The molecule has 0 atom stereocenters. The first-order valence-electron chi connectivity index (χ1n) is 4.99. The van der Waals surface area contributed by atoms with Gasteiger partial charge in [-0.25, -0.2) is 4.98 Å². The summed E-state index contributed by atoms with van der Waals surface area (Å²) >= 11 is 0. The van der Waals surface area contributed by atoms with Crippen molar-refractivity contribution in [3.05, 3.63) is 30.3 Å². The van der Waals surface area contributed by atoms with Gasteiger partial charge in [-0.2, -0.15) is 5.10 Å². The number of nitrogens with one attached hydrogen (secondary N) is 1. The molecule has 0 amide bonds. The van der Waals surface area contributed by atoms with E-state index in [1.54, 1.807) is 10.7 Å². The lowest BCUT2D eigenvalue weighted by Gasteiger charge is -1.94. The summed E-state index contributed by atoms with van der Waals surface area (Å²) in [4.78, 5) is 7.72. The Morgan fingerprint density at radius 3 is 2.81 bits per heavy atom. The Kier molecular flexibility index (Phi) is 1.73. The van der Waals surface area contributed by atoms with Crippen molar-refractivity contribution in [2.75, 3.05) is 5.73 Å². The lowest BCUT2D eigenvalue weighted by Crippen LogP contribution is -1.95. The zero-order valence-electron chi connectivity index (χ0n) is 8.81. The number of anilines is 1. The van der Waals surface area contributed by atoms with Crippen LogP contribution in [0, 0.1) is 0 Å². The Balaban J connectivity index is 2.22. The smallest absolute Gasteiger partial charge is 0.156 e. The fraction of sp³-hybridized carbons (Fsp3) is 0.0909. The monoisotopic (exact) mass is 213 g/mol. The lowest BCUT2D eigenvalue weighted by molar-refractivity contribution is 0.776. The summed E-state index contributed by atoms with van der Waals surface area (Å²) < 4.78 is 1.72. The van der Waals surface area contributed by atoms with E-state index in [2.05, 4.69) is 15.1 Å². The van der Waals surface area contributed by atoms with Gasteiger partial charge in [0.15, 0.2) is 5.82 Å². The molecule has 3 aromatic rings. The summed E-state index contributed by atoms with van der Waals surface area (Å²) in [5, 5.41) is 4.09. The van der Waals surface area contributed by atoms with Crippen LogP contribution in [0.15, 0.2) is 30.3 Å². The number of imidazole rings is 1. The Hall–Kier alpha value is -2.30. The first-order chi connectivity index (χ1) is 7.74. The zero-order chi connectivity index (χ0) is 11.1. The highest BCUT2D eigenvalue weighted by molar-refractivity contribution is 5.78. The molecule has 2 heterocycles. The number of hydrogen-bond acceptors (Lipinski definition) is 3. The van der Waals surface area contributed by atoms with Gasteiger partial charge in [0.05, 0.1) is 11.0 Å². The van der Waals surface area contributed by atoms with Crippen LogP contribution in [0.25, 0.3) is 22.6 Å². The van der Waals surface area contributed by atoms with Crippen LogP contribution in [-0.4, -0.2) is 19.7 Å². The van der Waals surface area contributed by atoms with Gasteiger partial charge in [-0.15, -0.1) is 0 Å². The van der Waals surface area contributed by atoms with Crippen LogP contribution >= 0.6 is 0 Å². The predicted octanol–water partition coefficient (Wildman–Crippen LogP) is 1.55. The number of benzene rings is 1. The van der Waals surface area contributed by atoms with Crippen molar-refractivity contribution in [1.29, 1.82) is 0 Å². The average molecular weight is 213 g/mol. The molecule has 3 N–H and O–H groups in total. The van der Waals surface area contributed by atoms with E-state index in [0.29, 0.717) is 5.82 Å². The van der Waals surface area contributed by atoms with Crippen LogP contribution in [0.4, 0.5) is 5.82 Å². The molecule has 0 fully saturated rings. The van der Waals surface area contributed by atoms with Crippen LogP contribution in [0.2, 0.25) is 0 Å². The van der Waals surface area contributed by atoms with E-state index >= 15 is 0 Å². The maximum Gasteiger partial charge on any atom is 0.156 e. The summed E-state index contributed by atoms with van der Waals surface area (Å²) in [6.07, 6.45) is 0. The molecule has 0 spiro atoms. The van der Waals surface area contributed by atoms with Gasteiger partial charge in [0.2, 0.25) is 0 Å². The predicted molar refractivity (Wildman–Crippen MR) is 62.7 cm³/mol. The van der Waals surface area contributed by atoms with Crippen molar-refractivity contribution in [3.63, 3.8) is 0 Å². The highest BCUT2D eigenvalue weighted by Crippen LogP contribution is 2.21. The minimum atomic E-state index is 0.498. The van der Waals surface area contributed by atoms with E-state index in [1.807, 2.05) is 31.3 Å². The molecule has 80 valence electrons. The summed E-state index contributed by atoms with van der Waals surface area (Å²) in [6, 6.07) is 9.70. The van der Waals surface area contributed by atoms with Crippen molar-refractivity contribution in [2.24, 2.45) is 7.05 Å². The number of nitrogens with zero attached hydrogens (tertiary/aromatic N) is 3. The van der Waals surface area contributed by atoms with E-state index in [0.717, 1.165) is 22.6 Å². The highest BCUT2D eigenvalue weighted by atomic mass is 15.3. The molecule has 0 aliphatic rings. The van der Waals surface area contributed by atoms with Gasteiger partial charge in [-0.05, 0) is 12.1 Å². The molecule has 0 aliphatic carbocycles. The number of fused-ring (bicyclic) bond motifs is 1. The molecule has 0 unspecified atom stereocenters. The number of H-pyrrole nitrogens is 1. The van der Waals surface area contributed by atoms with Crippen molar-refractivity contribution in [1.82, 2.24) is 19.7 Å². The number of aromatic nitrogens is 4. The number of rotatable bonds is 1. The second-order valence-corrected chi connectivity index (χ2v) is 3.68. The molecule has 0 aliphatic heterocycles. The largest absolute Gasteiger partial charge is 0.382 e. The number of nitrogens with two attached hydrogens (primary N) is 1. The molecule has 1 aromatic carbocycles. The van der Waals surface area contributed by atoms with Crippen molar-refractivity contribution < 1.29 is 0 Å². The summed E-state index contributed by atoms with van der Waals surface area (Å²) in [5.41, 5.74) is 8.47. The normalized spacial score (nSPS) is 11.1. The van der Waals surface area contributed by atoms with E-state index in [1.165, 1.54) is 0 Å². The second-order valence-electron chi connectivity index (χ2n) is 3.68. The van der Waals surface area contributed by atoms with Crippen LogP contribution < -0.4 is 5.73 Å². The van der Waals surface area contributed by atoms with Gasteiger partial charge in [-0.1, -0.05) is 12.1 Å². The lowest BCUT2D eigenvalue weighted by atomic mass is 10.3. The van der Waals surface area contributed by atoms with Crippen LogP contribution in [0.5, 0.6) is 0 Å². The maximum atomic E-state index is 5.64. The number of para-hydroxylation sites is 2. The third-order valence-electron chi connectivity index (χ3n) is 2.53. The van der Waals surface area contributed by atoms with Crippen molar-refractivity contribution in [2.45, 2.75) is 0 Å². The number of aromatic amines is 1. The Morgan fingerprint density at radius 1 is 1.31 bits per heavy atom. The maximum absolute atomic E-state index is 5.64. The SMILES string of the molecule is Cn1nc(N)cc1-c1nc2ccccc2[nH]1. The molecular weight excluding hydrogens is 202 g/mol. The Morgan fingerprint density at radius 2 is 2.12 bits per heavy atom. The van der Waals surface area contributed by atoms with E-state index in [9.17, 15) is 0 Å². The summed E-state index contributed by atoms with van der Waals surface area (Å²) in [7, 11) is 1.85. The molecule has 0 saturated heterocycles. The van der Waals surface area contributed by atoms with Gasteiger partial charge < -0.3 is 10.7 Å². The first kappa shape index (κ1) is 8.96. The number of aryl methyl sites for hydroxylation is 1. The van der Waals surface area contributed by atoms with Crippen molar-refractivity contribution in [3.8, 4) is 11.5 Å². The Bertz CT molecular complexity index is 616. The van der Waals surface area contributed by atoms with Crippen LogP contribution in [0.3, 0.4) is 0 Å².